The van der Waals surface area contributed by atoms with E-state index in [-0.39, 0.29) is 5.91 Å². The van der Waals surface area contributed by atoms with Gasteiger partial charge in [-0.05, 0) is 37.7 Å². The summed E-state index contributed by atoms with van der Waals surface area (Å²) in [6.07, 6.45) is 7.42. The van der Waals surface area contributed by atoms with Gasteiger partial charge in [-0.1, -0.05) is 52.9 Å². The molecule has 0 radical (unpaired) electrons. The van der Waals surface area contributed by atoms with E-state index in [2.05, 4.69) is 31.0 Å². The molecule has 1 aromatic carbocycles. The van der Waals surface area contributed by atoms with Crippen LogP contribution >= 0.6 is 0 Å². The van der Waals surface area contributed by atoms with Crippen molar-refractivity contribution >= 4 is 11.6 Å². The highest BCUT2D eigenvalue weighted by Crippen LogP contribution is 2.22. The van der Waals surface area contributed by atoms with Crippen molar-refractivity contribution in [2.45, 2.75) is 65.8 Å². The van der Waals surface area contributed by atoms with Crippen molar-refractivity contribution < 1.29 is 9.53 Å². The molecule has 0 unspecified atom stereocenters. The lowest BCUT2D eigenvalue weighted by molar-refractivity contribution is -0.122. The summed E-state index contributed by atoms with van der Waals surface area (Å²) in [4.78, 5) is 14.2. The van der Waals surface area contributed by atoms with Crippen LogP contribution in [0.5, 0.6) is 5.75 Å². The minimum absolute atomic E-state index is 0.0259. The minimum Gasteiger partial charge on any atom is -0.493 e. The summed E-state index contributed by atoms with van der Waals surface area (Å²) < 4.78 is 5.94. The molecular formula is C21H37N3O2. The molecule has 5 nitrogen and oxygen atoms in total. The Morgan fingerprint density at radius 1 is 1.08 bits per heavy atom. The second kappa shape index (κ2) is 13.5. The molecule has 0 bridgehead atoms. The number of nitrogen functional groups attached to an aromatic ring is 1. The van der Waals surface area contributed by atoms with Gasteiger partial charge in [0.05, 0.1) is 13.2 Å². The molecule has 26 heavy (non-hydrogen) atoms. The summed E-state index contributed by atoms with van der Waals surface area (Å²) in [7, 11) is 0. The first kappa shape index (κ1) is 22.3. The van der Waals surface area contributed by atoms with Gasteiger partial charge in [0, 0.05) is 17.8 Å². The molecule has 1 aromatic rings. The number of hydrogen-bond acceptors (Lipinski definition) is 4. The van der Waals surface area contributed by atoms with Crippen LogP contribution in [0.25, 0.3) is 0 Å². The molecule has 5 heteroatoms. The maximum Gasteiger partial charge on any atom is 0.234 e. The van der Waals surface area contributed by atoms with E-state index in [4.69, 9.17) is 10.5 Å². The normalized spacial score (nSPS) is 10.9. The van der Waals surface area contributed by atoms with E-state index in [0.29, 0.717) is 25.4 Å². The number of anilines is 1. The third-order valence-corrected chi connectivity index (χ3v) is 4.58. The number of rotatable bonds is 14. The molecule has 0 aliphatic rings. The summed E-state index contributed by atoms with van der Waals surface area (Å²) in [5.41, 5.74) is 7.52. The fourth-order valence-corrected chi connectivity index (χ4v) is 2.84. The molecule has 1 amide bonds. The van der Waals surface area contributed by atoms with E-state index in [0.717, 1.165) is 30.8 Å². The summed E-state index contributed by atoms with van der Waals surface area (Å²) in [6, 6.07) is 5.63. The Balaban J connectivity index is 2.44. The SMILES string of the molecule is CCCCCCCCOc1ccc(N)cc1CNC(=O)CN(CC)CC. The van der Waals surface area contributed by atoms with Crippen LogP contribution in [-0.4, -0.2) is 37.0 Å². The van der Waals surface area contributed by atoms with Crippen LogP contribution in [0.3, 0.4) is 0 Å². The number of nitrogens with one attached hydrogen (secondary N) is 1. The number of likely N-dealkylation sites (N-methyl/N-ethyl adjacent to an activating group) is 1. The number of hydrogen-bond donors (Lipinski definition) is 2. The summed E-state index contributed by atoms with van der Waals surface area (Å²) >= 11 is 0. The van der Waals surface area contributed by atoms with Crippen molar-refractivity contribution in [2.24, 2.45) is 0 Å². The number of benzene rings is 1. The van der Waals surface area contributed by atoms with E-state index >= 15 is 0 Å². The van der Waals surface area contributed by atoms with Gasteiger partial charge in [0.15, 0.2) is 0 Å². The first-order chi connectivity index (χ1) is 12.6. The number of unbranched alkanes of at least 4 members (excludes halogenated alkanes) is 5. The van der Waals surface area contributed by atoms with Crippen LogP contribution in [0.1, 0.15) is 64.9 Å². The molecule has 0 saturated heterocycles. The lowest BCUT2D eigenvalue weighted by Gasteiger charge is -2.18. The highest BCUT2D eigenvalue weighted by molar-refractivity contribution is 5.78. The molecular weight excluding hydrogens is 326 g/mol. The molecule has 3 N–H and O–H groups in total. The van der Waals surface area contributed by atoms with Gasteiger partial charge in [-0.15, -0.1) is 0 Å². The maximum atomic E-state index is 12.1. The Morgan fingerprint density at radius 3 is 2.46 bits per heavy atom. The van der Waals surface area contributed by atoms with Gasteiger partial charge < -0.3 is 15.8 Å². The number of carbonyl (C=O) groups excluding carboxylic acids is 1. The van der Waals surface area contributed by atoms with Crippen LogP contribution in [0.2, 0.25) is 0 Å². The van der Waals surface area contributed by atoms with Gasteiger partial charge in [0.2, 0.25) is 5.91 Å². The van der Waals surface area contributed by atoms with E-state index < -0.39 is 0 Å². The van der Waals surface area contributed by atoms with Crippen LogP contribution in [0.4, 0.5) is 5.69 Å². The topological polar surface area (TPSA) is 67.6 Å². The summed E-state index contributed by atoms with van der Waals surface area (Å²) in [5.74, 6) is 0.842. The van der Waals surface area contributed by atoms with Crippen LogP contribution in [-0.2, 0) is 11.3 Å². The molecule has 0 fully saturated rings. The van der Waals surface area contributed by atoms with Crippen molar-refractivity contribution in [3.05, 3.63) is 23.8 Å². The molecule has 0 aliphatic carbocycles. The van der Waals surface area contributed by atoms with E-state index in [1.165, 1.54) is 32.1 Å². The molecule has 0 aromatic heterocycles. The van der Waals surface area contributed by atoms with Gasteiger partial charge in [0.25, 0.3) is 0 Å². The average molecular weight is 364 g/mol. The van der Waals surface area contributed by atoms with Crippen molar-refractivity contribution in [3.63, 3.8) is 0 Å². The Kier molecular flexibility index (Phi) is 11.5. The third-order valence-electron chi connectivity index (χ3n) is 4.58. The molecule has 0 saturated carbocycles. The molecule has 1 rings (SSSR count). The zero-order chi connectivity index (χ0) is 19.2. The molecule has 148 valence electrons. The Bertz CT molecular complexity index is 516. The van der Waals surface area contributed by atoms with Gasteiger partial charge in [0.1, 0.15) is 5.75 Å². The number of amides is 1. The second-order valence-corrected chi connectivity index (χ2v) is 6.72. The third kappa shape index (κ3) is 9.09. The number of nitrogens with zero attached hydrogens (tertiary/aromatic N) is 1. The first-order valence-corrected chi connectivity index (χ1v) is 10.1. The number of ether oxygens (including phenoxy) is 1. The monoisotopic (exact) mass is 363 g/mol. The van der Waals surface area contributed by atoms with Crippen LogP contribution < -0.4 is 15.8 Å². The smallest absolute Gasteiger partial charge is 0.234 e. The summed E-state index contributed by atoms with van der Waals surface area (Å²) in [6.45, 7) is 9.65. The molecule has 0 heterocycles. The highest BCUT2D eigenvalue weighted by Gasteiger charge is 2.09. The standard InChI is InChI=1S/C21H37N3O2/c1-4-7-8-9-10-11-14-26-20-13-12-19(22)15-18(20)16-23-21(25)17-24(5-2)6-3/h12-13,15H,4-11,14,16-17,22H2,1-3H3,(H,23,25). The highest BCUT2D eigenvalue weighted by atomic mass is 16.5. The van der Waals surface area contributed by atoms with Gasteiger partial charge in [-0.2, -0.15) is 0 Å². The number of carbonyl (C=O) groups is 1. The fraction of sp³-hybridized carbons (Fsp3) is 0.667. The lowest BCUT2D eigenvalue weighted by Crippen LogP contribution is -2.36. The molecule has 0 aliphatic heterocycles. The zero-order valence-electron chi connectivity index (χ0n) is 16.9. The Labute approximate surface area is 159 Å². The van der Waals surface area contributed by atoms with Crippen LogP contribution in [0, 0.1) is 0 Å². The molecule has 0 atom stereocenters. The van der Waals surface area contributed by atoms with Gasteiger partial charge >= 0.3 is 0 Å². The Hall–Kier alpha value is -1.75. The quantitative estimate of drug-likeness (QED) is 0.388. The fourth-order valence-electron chi connectivity index (χ4n) is 2.84. The summed E-state index contributed by atoms with van der Waals surface area (Å²) in [5, 5.41) is 2.97. The van der Waals surface area contributed by atoms with E-state index in [1.54, 1.807) is 0 Å². The predicted octanol–water partition coefficient (Wildman–Crippen LogP) is 3.97. The lowest BCUT2D eigenvalue weighted by atomic mass is 10.1. The van der Waals surface area contributed by atoms with E-state index in [1.807, 2.05) is 18.2 Å². The van der Waals surface area contributed by atoms with E-state index in [9.17, 15) is 4.79 Å². The van der Waals surface area contributed by atoms with Crippen molar-refractivity contribution in [1.82, 2.24) is 10.2 Å². The second-order valence-electron chi connectivity index (χ2n) is 6.72. The first-order valence-electron chi connectivity index (χ1n) is 10.1. The Morgan fingerprint density at radius 2 is 1.77 bits per heavy atom. The van der Waals surface area contributed by atoms with Crippen molar-refractivity contribution in [1.29, 1.82) is 0 Å². The average Bonchev–Trinajstić information content (AvgIpc) is 2.64. The van der Waals surface area contributed by atoms with Crippen molar-refractivity contribution in [2.75, 3.05) is 32.0 Å². The zero-order valence-corrected chi connectivity index (χ0v) is 16.9. The van der Waals surface area contributed by atoms with Crippen molar-refractivity contribution in [3.8, 4) is 5.75 Å². The predicted molar refractivity (Wildman–Crippen MR) is 109 cm³/mol. The molecule has 0 spiro atoms. The minimum atomic E-state index is 0.0259. The van der Waals surface area contributed by atoms with Crippen LogP contribution in [0.15, 0.2) is 18.2 Å². The van der Waals surface area contributed by atoms with Gasteiger partial charge in [-0.3, -0.25) is 9.69 Å². The number of nitrogens with two attached hydrogens (primary N) is 1. The van der Waals surface area contributed by atoms with Gasteiger partial charge in [-0.25, -0.2) is 0 Å². The largest absolute Gasteiger partial charge is 0.493 e. The maximum absolute atomic E-state index is 12.1.